The minimum Gasteiger partial charge on any atom is -0.394 e. The van der Waals surface area contributed by atoms with Crippen molar-refractivity contribution in [1.82, 2.24) is 10.6 Å². The van der Waals surface area contributed by atoms with E-state index in [0.717, 1.165) is 13.8 Å². The molecule has 2 amide bonds. The summed E-state index contributed by atoms with van der Waals surface area (Å²) in [5.41, 5.74) is 0. The van der Waals surface area contributed by atoms with Crippen molar-refractivity contribution in [3.63, 3.8) is 0 Å². The Morgan fingerprint density at radius 1 is 0.510 bits per heavy atom. The van der Waals surface area contributed by atoms with Crippen LogP contribution in [0.1, 0.15) is 13.8 Å². The molecule has 4 rings (SSSR count). The molecule has 0 saturated carbocycles. The van der Waals surface area contributed by atoms with Gasteiger partial charge in [0.05, 0.1) is 26.4 Å². The monoisotopic (exact) mass is 748 g/mol. The van der Waals surface area contributed by atoms with Crippen molar-refractivity contribution in [3.8, 4) is 0 Å². The van der Waals surface area contributed by atoms with E-state index in [0.29, 0.717) is 0 Å². The Morgan fingerprint density at radius 2 is 0.902 bits per heavy atom. The van der Waals surface area contributed by atoms with Gasteiger partial charge in [-0.1, -0.05) is 0 Å². The quantitative estimate of drug-likeness (QED) is 0.0881. The highest BCUT2D eigenvalue weighted by Gasteiger charge is 2.54. The molecule has 0 aromatic carbocycles. The van der Waals surface area contributed by atoms with Crippen LogP contribution < -0.4 is 10.6 Å². The summed E-state index contributed by atoms with van der Waals surface area (Å²) in [6.45, 7) is -1.02. The summed E-state index contributed by atoms with van der Waals surface area (Å²) in [6, 6.07) is -3.02. The van der Waals surface area contributed by atoms with Gasteiger partial charge in [0.1, 0.15) is 97.5 Å². The van der Waals surface area contributed by atoms with E-state index in [2.05, 4.69) is 10.6 Å². The van der Waals surface area contributed by atoms with E-state index < -0.39 is 161 Å². The van der Waals surface area contributed by atoms with Crippen LogP contribution in [0.4, 0.5) is 0 Å². The van der Waals surface area contributed by atoms with E-state index in [-0.39, 0.29) is 0 Å². The molecule has 23 heteroatoms. The van der Waals surface area contributed by atoms with Crippen molar-refractivity contribution in [3.05, 3.63) is 0 Å². The normalized spacial score (nSPS) is 47.8. The van der Waals surface area contributed by atoms with Gasteiger partial charge in [-0.05, 0) is 0 Å². The van der Waals surface area contributed by atoms with Gasteiger partial charge in [-0.2, -0.15) is 0 Å². The largest absolute Gasteiger partial charge is 0.394 e. The van der Waals surface area contributed by atoms with Gasteiger partial charge in [0, 0.05) is 13.8 Å². The molecule has 23 nitrogen and oxygen atoms in total. The lowest BCUT2D eigenvalue weighted by Gasteiger charge is -2.48. The average Bonchev–Trinajstić information content (AvgIpc) is 3.08. The second kappa shape index (κ2) is 18.0. The predicted molar refractivity (Wildman–Crippen MR) is 157 cm³/mol. The highest BCUT2D eigenvalue weighted by Crippen LogP contribution is 2.32. The predicted octanol–water partition coefficient (Wildman–Crippen LogP) is -9.46. The van der Waals surface area contributed by atoms with E-state index >= 15 is 0 Å². The first-order valence-corrected chi connectivity index (χ1v) is 16.1. The number of hydrogen-bond acceptors (Lipinski definition) is 21. The van der Waals surface area contributed by atoms with Gasteiger partial charge >= 0.3 is 0 Å². The zero-order chi connectivity index (χ0) is 37.9. The summed E-state index contributed by atoms with van der Waals surface area (Å²) in [5.74, 6) is -1.43. The van der Waals surface area contributed by atoms with Crippen LogP contribution in [0.25, 0.3) is 0 Å². The number of amides is 2. The molecule has 0 bridgehead atoms. The van der Waals surface area contributed by atoms with Crippen molar-refractivity contribution in [2.24, 2.45) is 0 Å². The van der Waals surface area contributed by atoms with Gasteiger partial charge in [-0.3, -0.25) is 9.59 Å². The molecule has 20 atom stereocenters. The molecule has 296 valence electrons. The van der Waals surface area contributed by atoms with E-state index in [9.17, 15) is 70.9 Å². The van der Waals surface area contributed by atoms with E-state index in [1.54, 1.807) is 0 Å². The summed E-state index contributed by atoms with van der Waals surface area (Å²) < 4.78 is 39.1. The summed E-state index contributed by atoms with van der Waals surface area (Å²) >= 11 is 0. The Morgan fingerprint density at radius 3 is 1.35 bits per heavy atom. The lowest BCUT2D eigenvalue weighted by Crippen LogP contribution is -2.69. The fraction of sp³-hybridized carbons (Fsp3) is 0.929. The van der Waals surface area contributed by atoms with Crippen LogP contribution in [0, 0.1) is 0 Å². The summed E-state index contributed by atoms with van der Waals surface area (Å²) in [7, 11) is 0. The van der Waals surface area contributed by atoms with Crippen molar-refractivity contribution < 1.29 is 104 Å². The molecular formula is C28H48N2O21. The average molecular weight is 749 g/mol. The first-order chi connectivity index (χ1) is 24.0. The van der Waals surface area contributed by atoms with Crippen LogP contribution in [0.15, 0.2) is 0 Å². The number of carbonyl (C=O) groups excluding carboxylic acids is 2. The van der Waals surface area contributed by atoms with Gasteiger partial charge in [0.15, 0.2) is 25.2 Å². The van der Waals surface area contributed by atoms with Crippen LogP contribution in [-0.2, 0) is 42.7 Å². The maximum absolute atomic E-state index is 12.3. The second-order valence-corrected chi connectivity index (χ2v) is 12.7. The number of aliphatic hydroxyl groups is 12. The topological polar surface area (TPSA) is 366 Å². The zero-order valence-corrected chi connectivity index (χ0v) is 27.4. The minimum absolute atomic E-state index is 0.709. The third-order valence-corrected chi connectivity index (χ3v) is 8.99. The molecule has 0 spiro atoms. The Hall–Kier alpha value is -1.82. The third-order valence-electron chi connectivity index (χ3n) is 8.99. The van der Waals surface area contributed by atoms with Gasteiger partial charge in [0.25, 0.3) is 0 Å². The van der Waals surface area contributed by atoms with Gasteiger partial charge in [0.2, 0.25) is 11.8 Å². The van der Waals surface area contributed by atoms with E-state index in [4.69, 9.17) is 33.2 Å². The number of rotatable bonds is 12. The number of ether oxygens (including phenoxy) is 7. The highest BCUT2D eigenvalue weighted by molar-refractivity contribution is 5.73. The Balaban J connectivity index is 1.55. The maximum atomic E-state index is 12.3. The highest BCUT2D eigenvalue weighted by atomic mass is 16.7. The van der Waals surface area contributed by atoms with Crippen molar-refractivity contribution in [2.75, 3.05) is 26.4 Å². The van der Waals surface area contributed by atoms with Crippen LogP contribution in [0.3, 0.4) is 0 Å². The Kier molecular flexibility index (Phi) is 14.8. The van der Waals surface area contributed by atoms with Crippen molar-refractivity contribution in [2.45, 2.75) is 137 Å². The molecule has 51 heavy (non-hydrogen) atoms. The van der Waals surface area contributed by atoms with Crippen molar-refractivity contribution >= 4 is 11.8 Å². The van der Waals surface area contributed by atoms with Gasteiger partial charge in [-0.15, -0.1) is 0 Å². The Labute approximate surface area is 289 Å². The minimum atomic E-state index is -1.93. The fourth-order valence-corrected chi connectivity index (χ4v) is 6.24. The van der Waals surface area contributed by atoms with Gasteiger partial charge in [-0.25, -0.2) is 0 Å². The number of aliphatic hydroxyl groups excluding tert-OH is 12. The van der Waals surface area contributed by atoms with Crippen LogP contribution >= 0.6 is 0 Å². The van der Waals surface area contributed by atoms with E-state index in [1.807, 2.05) is 0 Å². The first-order valence-electron chi connectivity index (χ1n) is 16.1. The molecule has 0 unspecified atom stereocenters. The molecule has 4 heterocycles. The first kappa shape index (κ1) is 41.9. The Bertz CT molecular complexity index is 1140. The lowest BCUT2D eigenvalue weighted by atomic mass is 9.94. The standard InChI is InChI=1S/C28H48N2O21/c1-7(34)29-13-23(50-27-21(42)19(40)15(36)9(3-31)48-27)18(39)12(46-25(13)44)6-45-26-14(30-8(2)35)24(17(38)11(5-33)47-26)51-28-22(43)20(41)16(37)10(4-32)49-28/h9-28,31-33,36-44H,3-6H2,1-2H3,(H,29,34)(H,30,35)/t9-,10-,11-,12-,13-,14-,15+,16+,17-,18+,19+,20+,21-,22-,23-,24-,25-,26-,27+,28+/m1/s1. The summed E-state index contributed by atoms with van der Waals surface area (Å²) in [5, 5.41) is 129. The smallest absolute Gasteiger partial charge is 0.217 e. The molecule has 4 saturated heterocycles. The molecular weight excluding hydrogens is 700 g/mol. The van der Waals surface area contributed by atoms with Crippen LogP contribution in [0.5, 0.6) is 0 Å². The molecule has 4 fully saturated rings. The molecule has 0 aromatic rings. The third kappa shape index (κ3) is 9.29. The molecule has 0 radical (unpaired) electrons. The molecule has 4 aliphatic rings. The number of hydrogen-bond donors (Lipinski definition) is 14. The number of nitrogens with one attached hydrogen (secondary N) is 2. The molecule has 0 aliphatic carbocycles. The maximum Gasteiger partial charge on any atom is 0.217 e. The fourth-order valence-electron chi connectivity index (χ4n) is 6.24. The van der Waals surface area contributed by atoms with Crippen LogP contribution in [-0.4, -0.2) is 222 Å². The lowest BCUT2D eigenvalue weighted by molar-refractivity contribution is -0.354. The summed E-state index contributed by atoms with van der Waals surface area (Å²) in [4.78, 5) is 24.2. The van der Waals surface area contributed by atoms with Gasteiger partial charge < -0.3 is 105 Å². The van der Waals surface area contributed by atoms with E-state index in [1.165, 1.54) is 0 Å². The molecule has 0 aromatic heterocycles. The molecule has 14 N–H and O–H groups in total. The summed E-state index contributed by atoms with van der Waals surface area (Å²) in [6.07, 6.45) is -31.1. The number of carbonyl (C=O) groups is 2. The molecule has 4 aliphatic heterocycles. The van der Waals surface area contributed by atoms with Crippen LogP contribution in [0.2, 0.25) is 0 Å². The SMILES string of the molecule is CC(=O)N[C@@H]1[C@@H](O[C@@H]2O[C@H](CO)[C@H](O)[C@H](O)[C@H]2O)[C@@H](O)[C@@H](CO[C@@H]2O[C@H](CO)[C@@H](O)[C@H](O[C@@H]3O[C@H](CO)[C@H](O)[C@H](O)[C@H]3O)[C@H]2NC(C)=O)O[C@H]1O. The second-order valence-electron chi connectivity index (χ2n) is 12.7. The van der Waals surface area contributed by atoms with Crippen molar-refractivity contribution in [1.29, 1.82) is 0 Å². The zero-order valence-electron chi connectivity index (χ0n) is 27.4.